The Balaban J connectivity index is 1.94. The number of hydrogen-bond donors (Lipinski definition) is 0. The molecule has 0 aromatic carbocycles. The van der Waals surface area contributed by atoms with Gasteiger partial charge in [0, 0.05) is 52.0 Å². The first-order chi connectivity index (χ1) is 11.4. The Bertz CT molecular complexity index is 581. The standard InChI is InChI=1S/C17H26N4O3/c1-13(2)12-24-17(23)21-9-7-20(8-10-21)15-11-14(5-6-18-15)16(22)19(3)4/h5-6,11,13H,7-10,12H2,1-4H3. The van der Waals surface area contributed by atoms with Gasteiger partial charge in [0.15, 0.2) is 0 Å². The highest BCUT2D eigenvalue weighted by molar-refractivity contribution is 5.94. The lowest BCUT2D eigenvalue weighted by Crippen LogP contribution is -2.49. The molecule has 1 aromatic rings. The van der Waals surface area contributed by atoms with Gasteiger partial charge in [-0.25, -0.2) is 9.78 Å². The van der Waals surface area contributed by atoms with Crippen molar-refractivity contribution in [2.75, 3.05) is 51.8 Å². The third-order valence-electron chi connectivity index (χ3n) is 3.80. The minimum atomic E-state index is -0.257. The van der Waals surface area contributed by atoms with Crippen LogP contribution in [0.15, 0.2) is 18.3 Å². The van der Waals surface area contributed by atoms with Crippen molar-refractivity contribution in [2.24, 2.45) is 5.92 Å². The average Bonchev–Trinajstić information content (AvgIpc) is 2.59. The van der Waals surface area contributed by atoms with Gasteiger partial charge in [-0.15, -0.1) is 0 Å². The van der Waals surface area contributed by atoms with Gasteiger partial charge in [-0.2, -0.15) is 0 Å². The van der Waals surface area contributed by atoms with Crippen LogP contribution in [0.1, 0.15) is 24.2 Å². The van der Waals surface area contributed by atoms with Crippen LogP contribution in [-0.4, -0.2) is 73.7 Å². The molecule has 24 heavy (non-hydrogen) atoms. The fourth-order valence-electron chi connectivity index (χ4n) is 2.43. The fourth-order valence-corrected chi connectivity index (χ4v) is 2.43. The summed E-state index contributed by atoms with van der Waals surface area (Å²) in [4.78, 5) is 33.7. The molecule has 0 unspecified atom stereocenters. The molecule has 0 N–H and O–H groups in total. The predicted octanol–water partition coefficient (Wildman–Crippen LogP) is 1.70. The van der Waals surface area contributed by atoms with Crippen LogP contribution in [0.25, 0.3) is 0 Å². The summed E-state index contributed by atoms with van der Waals surface area (Å²) in [7, 11) is 3.45. The number of hydrogen-bond acceptors (Lipinski definition) is 5. The normalized spacial score (nSPS) is 14.7. The van der Waals surface area contributed by atoms with E-state index in [0.717, 1.165) is 5.82 Å². The number of carbonyl (C=O) groups excluding carboxylic acids is 2. The molecule has 7 heteroatoms. The monoisotopic (exact) mass is 334 g/mol. The molecule has 0 aliphatic carbocycles. The molecule has 2 amide bonds. The van der Waals surface area contributed by atoms with E-state index in [2.05, 4.69) is 9.88 Å². The zero-order valence-corrected chi connectivity index (χ0v) is 14.9. The van der Waals surface area contributed by atoms with Crippen LogP contribution in [0, 0.1) is 5.92 Å². The number of piperazine rings is 1. The van der Waals surface area contributed by atoms with E-state index < -0.39 is 0 Å². The maximum atomic E-state index is 12.1. The number of ether oxygens (including phenoxy) is 1. The summed E-state index contributed by atoms with van der Waals surface area (Å²) < 4.78 is 5.26. The molecule has 1 aliphatic heterocycles. The molecule has 0 spiro atoms. The SMILES string of the molecule is CC(C)COC(=O)N1CCN(c2cc(C(=O)N(C)C)ccn2)CC1. The third kappa shape index (κ3) is 4.59. The lowest BCUT2D eigenvalue weighted by molar-refractivity contribution is 0.0827. The molecule has 0 bridgehead atoms. The van der Waals surface area contributed by atoms with E-state index in [4.69, 9.17) is 4.74 Å². The van der Waals surface area contributed by atoms with E-state index in [1.165, 1.54) is 0 Å². The van der Waals surface area contributed by atoms with Gasteiger partial charge in [0.25, 0.3) is 5.91 Å². The minimum absolute atomic E-state index is 0.0467. The molecule has 0 atom stereocenters. The predicted molar refractivity (Wildman–Crippen MR) is 92.2 cm³/mol. The average molecular weight is 334 g/mol. The highest BCUT2D eigenvalue weighted by Crippen LogP contribution is 2.16. The Morgan fingerprint density at radius 3 is 2.50 bits per heavy atom. The van der Waals surface area contributed by atoms with Gasteiger partial charge >= 0.3 is 6.09 Å². The Labute approximate surface area is 143 Å². The van der Waals surface area contributed by atoms with Gasteiger partial charge in [0.05, 0.1) is 6.61 Å². The van der Waals surface area contributed by atoms with Crippen molar-refractivity contribution in [1.29, 1.82) is 0 Å². The highest BCUT2D eigenvalue weighted by atomic mass is 16.6. The topological polar surface area (TPSA) is 66.0 Å². The van der Waals surface area contributed by atoms with Gasteiger partial charge in [-0.3, -0.25) is 4.79 Å². The van der Waals surface area contributed by atoms with E-state index in [0.29, 0.717) is 44.3 Å². The molecule has 0 saturated carbocycles. The van der Waals surface area contributed by atoms with Gasteiger partial charge in [-0.05, 0) is 18.1 Å². The number of rotatable bonds is 4. The Morgan fingerprint density at radius 2 is 1.92 bits per heavy atom. The van der Waals surface area contributed by atoms with Crippen LogP contribution in [0.5, 0.6) is 0 Å². The maximum Gasteiger partial charge on any atom is 0.409 e. The fraction of sp³-hybridized carbons (Fsp3) is 0.588. The molecule has 1 saturated heterocycles. The number of anilines is 1. The Hall–Kier alpha value is -2.31. The van der Waals surface area contributed by atoms with E-state index in [1.54, 1.807) is 42.2 Å². The number of aromatic nitrogens is 1. The van der Waals surface area contributed by atoms with Crippen LogP contribution in [0.3, 0.4) is 0 Å². The first-order valence-corrected chi connectivity index (χ1v) is 8.23. The number of carbonyl (C=O) groups is 2. The van der Waals surface area contributed by atoms with Crippen LogP contribution in [0.4, 0.5) is 10.6 Å². The van der Waals surface area contributed by atoms with Crippen molar-refractivity contribution in [2.45, 2.75) is 13.8 Å². The summed E-state index contributed by atoms with van der Waals surface area (Å²) in [5.41, 5.74) is 0.615. The van der Waals surface area contributed by atoms with E-state index in [-0.39, 0.29) is 12.0 Å². The van der Waals surface area contributed by atoms with Crippen molar-refractivity contribution in [3.63, 3.8) is 0 Å². The maximum absolute atomic E-state index is 12.1. The molecule has 1 aromatic heterocycles. The molecule has 2 rings (SSSR count). The lowest BCUT2D eigenvalue weighted by atomic mass is 10.2. The number of nitrogens with zero attached hydrogens (tertiary/aromatic N) is 4. The van der Waals surface area contributed by atoms with Crippen molar-refractivity contribution in [3.8, 4) is 0 Å². The molecular weight excluding hydrogens is 308 g/mol. The first kappa shape index (κ1) is 18.0. The van der Waals surface area contributed by atoms with Crippen molar-refractivity contribution >= 4 is 17.8 Å². The van der Waals surface area contributed by atoms with E-state index in [9.17, 15) is 9.59 Å². The molecular formula is C17H26N4O3. The van der Waals surface area contributed by atoms with E-state index in [1.807, 2.05) is 13.8 Å². The van der Waals surface area contributed by atoms with Crippen LogP contribution in [-0.2, 0) is 4.74 Å². The summed E-state index contributed by atoms with van der Waals surface area (Å²) in [5.74, 6) is 1.05. The summed E-state index contributed by atoms with van der Waals surface area (Å²) in [6.45, 7) is 6.98. The largest absolute Gasteiger partial charge is 0.449 e. The van der Waals surface area contributed by atoms with Crippen LogP contribution >= 0.6 is 0 Å². The van der Waals surface area contributed by atoms with Crippen molar-refractivity contribution < 1.29 is 14.3 Å². The molecule has 1 aliphatic rings. The molecule has 0 radical (unpaired) electrons. The van der Waals surface area contributed by atoms with Gasteiger partial charge in [0.1, 0.15) is 5.82 Å². The summed E-state index contributed by atoms with van der Waals surface area (Å²) in [5, 5.41) is 0. The zero-order valence-electron chi connectivity index (χ0n) is 14.9. The van der Waals surface area contributed by atoms with Crippen molar-refractivity contribution in [3.05, 3.63) is 23.9 Å². The molecule has 2 heterocycles. The highest BCUT2D eigenvalue weighted by Gasteiger charge is 2.23. The molecule has 132 valence electrons. The van der Waals surface area contributed by atoms with Gasteiger partial charge < -0.3 is 19.4 Å². The first-order valence-electron chi connectivity index (χ1n) is 8.23. The number of pyridine rings is 1. The second-order valence-electron chi connectivity index (χ2n) is 6.55. The third-order valence-corrected chi connectivity index (χ3v) is 3.80. The molecule has 7 nitrogen and oxygen atoms in total. The van der Waals surface area contributed by atoms with Gasteiger partial charge in [-0.1, -0.05) is 13.8 Å². The smallest absolute Gasteiger partial charge is 0.409 e. The number of amides is 2. The van der Waals surface area contributed by atoms with Crippen molar-refractivity contribution in [1.82, 2.24) is 14.8 Å². The second-order valence-corrected chi connectivity index (χ2v) is 6.55. The minimum Gasteiger partial charge on any atom is -0.449 e. The quantitative estimate of drug-likeness (QED) is 0.838. The molecule has 1 fully saturated rings. The summed E-state index contributed by atoms with van der Waals surface area (Å²) in [6, 6.07) is 3.51. The summed E-state index contributed by atoms with van der Waals surface area (Å²) >= 11 is 0. The zero-order chi connectivity index (χ0) is 17.7. The Kier molecular flexibility index (Phi) is 6.00. The van der Waals surface area contributed by atoms with E-state index >= 15 is 0 Å². The van der Waals surface area contributed by atoms with Gasteiger partial charge in [0.2, 0.25) is 0 Å². The summed E-state index contributed by atoms with van der Waals surface area (Å²) in [6.07, 6.45) is 1.39. The van der Waals surface area contributed by atoms with Crippen LogP contribution in [0.2, 0.25) is 0 Å². The second kappa shape index (κ2) is 7.99. The lowest BCUT2D eigenvalue weighted by Gasteiger charge is -2.35. The Morgan fingerprint density at radius 1 is 1.25 bits per heavy atom. The van der Waals surface area contributed by atoms with Crippen LogP contribution < -0.4 is 4.90 Å².